The fraction of sp³-hybridized carbons (Fsp3) is 0.240. The second kappa shape index (κ2) is 11.1. The Morgan fingerprint density at radius 2 is 1.57 bits per heavy atom. The van der Waals surface area contributed by atoms with Crippen molar-refractivity contribution in [1.29, 1.82) is 0 Å². The van der Waals surface area contributed by atoms with E-state index in [4.69, 9.17) is 4.74 Å². The van der Waals surface area contributed by atoms with Crippen LogP contribution in [-0.4, -0.2) is 77.6 Å². The molecule has 0 aromatic heterocycles. The normalized spacial score (nSPS) is 23.7. The van der Waals surface area contributed by atoms with Crippen molar-refractivity contribution >= 4 is 30.1 Å². The Bertz CT molecular complexity index is 1250. The Balaban J connectivity index is 1.65. The molecule has 0 radical (unpaired) electrons. The summed E-state index contributed by atoms with van der Waals surface area (Å²) in [6, 6.07) is 7.71. The minimum atomic E-state index is -2.49. The highest BCUT2D eigenvalue weighted by molar-refractivity contribution is 5.97. The van der Waals surface area contributed by atoms with Gasteiger partial charge in [-0.1, -0.05) is 18.2 Å². The third-order valence-corrected chi connectivity index (χ3v) is 5.56. The van der Waals surface area contributed by atoms with E-state index in [0.717, 1.165) is 24.3 Å². The fourth-order valence-electron chi connectivity index (χ4n) is 3.59. The van der Waals surface area contributed by atoms with Crippen LogP contribution in [0.4, 0.5) is 0 Å². The predicted octanol–water partition coefficient (Wildman–Crippen LogP) is 0.464. The molecule has 0 amide bonds. The molecule has 2 aromatic carbocycles. The highest BCUT2D eigenvalue weighted by Crippen LogP contribution is 2.33. The highest BCUT2D eigenvalue weighted by atomic mass is 16.6. The minimum absolute atomic E-state index is 0.0790. The van der Waals surface area contributed by atoms with E-state index < -0.39 is 71.9 Å². The van der Waals surface area contributed by atoms with Gasteiger partial charge in [0.1, 0.15) is 12.2 Å². The van der Waals surface area contributed by atoms with Gasteiger partial charge in [0.15, 0.2) is 28.6 Å². The van der Waals surface area contributed by atoms with Gasteiger partial charge in [-0.15, -0.1) is 0 Å². The van der Waals surface area contributed by atoms with Crippen molar-refractivity contribution in [1.82, 2.24) is 0 Å². The number of hydrogen-bond acceptors (Lipinski definition) is 12. The van der Waals surface area contributed by atoms with Crippen LogP contribution in [0.5, 0.6) is 23.0 Å². The number of phenolic OH excluding ortho intramolecular Hbond substituents is 4. The number of aliphatic hydroxyl groups excluding tert-OH is 2. The van der Waals surface area contributed by atoms with Gasteiger partial charge in [-0.05, 0) is 35.9 Å². The van der Waals surface area contributed by atoms with Crippen LogP contribution in [0.25, 0.3) is 12.2 Å². The van der Waals surface area contributed by atoms with Crippen molar-refractivity contribution < 1.29 is 59.6 Å². The zero-order valence-electron chi connectivity index (χ0n) is 19.1. The van der Waals surface area contributed by atoms with E-state index in [1.54, 1.807) is 0 Å². The van der Waals surface area contributed by atoms with Crippen molar-refractivity contribution in [2.24, 2.45) is 0 Å². The van der Waals surface area contributed by atoms with Crippen molar-refractivity contribution in [3.8, 4) is 23.0 Å². The second-order valence-electron chi connectivity index (χ2n) is 8.31. The molecule has 4 atom stereocenters. The third-order valence-electron chi connectivity index (χ3n) is 5.56. The summed E-state index contributed by atoms with van der Waals surface area (Å²) >= 11 is 0. The van der Waals surface area contributed by atoms with Crippen LogP contribution >= 0.6 is 0 Å². The zero-order valence-corrected chi connectivity index (χ0v) is 19.1. The van der Waals surface area contributed by atoms with Crippen molar-refractivity contribution in [2.75, 3.05) is 0 Å². The number of carbonyl (C=O) groups excluding carboxylic acids is 3. The molecule has 1 fully saturated rings. The molecule has 0 bridgehead atoms. The van der Waals surface area contributed by atoms with Crippen LogP contribution in [0, 0.1) is 0 Å². The molecule has 0 spiro atoms. The number of benzene rings is 2. The number of hydrogen-bond donors (Lipinski definition) is 7. The Labute approximate surface area is 209 Å². The van der Waals surface area contributed by atoms with Crippen LogP contribution in [0.1, 0.15) is 24.0 Å². The predicted molar refractivity (Wildman–Crippen MR) is 125 cm³/mol. The monoisotopic (exact) mass is 516 g/mol. The van der Waals surface area contributed by atoms with Crippen LogP contribution in [0.2, 0.25) is 0 Å². The van der Waals surface area contributed by atoms with Crippen LogP contribution < -0.4 is 0 Å². The van der Waals surface area contributed by atoms with Crippen LogP contribution in [0.15, 0.2) is 48.6 Å². The third kappa shape index (κ3) is 6.64. The SMILES string of the molecule is O=C(C=Cc1ccc(O)c(O)c1)OC(=O)[C@@]1(O)C[C@@H](O)[C@H](O)[C@@H](OC(=O)C=Cc2cccc(O)c2O)C1. The summed E-state index contributed by atoms with van der Waals surface area (Å²) in [7, 11) is 0. The molecular weight excluding hydrogens is 492 g/mol. The maximum absolute atomic E-state index is 12.5. The van der Waals surface area contributed by atoms with E-state index in [0.29, 0.717) is 0 Å². The minimum Gasteiger partial charge on any atom is -0.504 e. The lowest BCUT2D eigenvalue weighted by molar-refractivity contribution is -0.200. The molecule has 1 aliphatic rings. The smallest absolute Gasteiger partial charge is 0.346 e. The van der Waals surface area contributed by atoms with Crippen LogP contribution in [-0.2, 0) is 23.9 Å². The van der Waals surface area contributed by atoms with Crippen molar-refractivity contribution in [3.63, 3.8) is 0 Å². The summed E-state index contributed by atoms with van der Waals surface area (Å²) in [6.45, 7) is 0. The Hall–Kier alpha value is -4.39. The molecule has 7 N–H and O–H groups in total. The molecule has 1 saturated carbocycles. The lowest BCUT2D eigenvalue weighted by Crippen LogP contribution is -2.57. The maximum atomic E-state index is 12.5. The van der Waals surface area contributed by atoms with E-state index >= 15 is 0 Å². The van der Waals surface area contributed by atoms with E-state index in [-0.39, 0.29) is 16.9 Å². The zero-order chi connectivity index (χ0) is 27.3. The summed E-state index contributed by atoms with van der Waals surface area (Å²) in [5, 5.41) is 69.1. The summed E-state index contributed by atoms with van der Waals surface area (Å²) in [5.74, 6) is -5.44. The summed E-state index contributed by atoms with van der Waals surface area (Å²) in [4.78, 5) is 36.8. The number of phenols is 4. The number of rotatable bonds is 6. The molecule has 0 aliphatic heterocycles. The van der Waals surface area contributed by atoms with E-state index in [2.05, 4.69) is 4.74 Å². The lowest BCUT2D eigenvalue weighted by Gasteiger charge is -2.39. The first-order chi connectivity index (χ1) is 17.4. The average molecular weight is 516 g/mol. The quantitative estimate of drug-likeness (QED) is 0.121. The molecule has 2 aromatic rings. The molecule has 0 heterocycles. The number of carbonyl (C=O) groups is 3. The van der Waals surface area contributed by atoms with Gasteiger partial charge < -0.3 is 45.2 Å². The van der Waals surface area contributed by atoms with Crippen LogP contribution in [0.3, 0.4) is 0 Å². The maximum Gasteiger partial charge on any atom is 0.346 e. The number of ether oxygens (including phenoxy) is 2. The number of para-hydroxylation sites is 1. The molecule has 196 valence electrons. The van der Waals surface area contributed by atoms with E-state index in [9.17, 15) is 50.1 Å². The standard InChI is InChI=1S/C25H24O12/c26-15-7-4-13(10-17(15)28)5-8-21(31)37-24(34)25(35)11-18(29)23(33)19(12-25)36-20(30)9-6-14-2-1-3-16(27)22(14)32/h1-10,18-19,23,26-29,32-33,35H,11-12H2/t18-,19+,23+,25-/m1/s1. The molecule has 12 heteroatoms. The molecule has 37 heavy (non-hydrogen) atoms. The highest BCUT2D eigenvalue weighted by Gasteiger charge is 2.51. The largest absolute Gasteiger partial charge is 0.504 e. The van der Waals surface area contributed by atoms with Gasteiger partial charge >= 0.3 is 17.9 Å². The molecule has 12 nitrogen and oxygen atoms in total. The first kappa shape index (κ1) is 27.2. The number of aromatic hydroxyl groups is 4. The van der Waals surface area contributed by atoms with Gasteiger partial charge in [-0.25, -0.2) is 14.4 Å². The van der Waals surface area contributed by atoms with Gasteiger partial charge in [-0.2, -0.15) is 0 Å². The second-order valence-corrected chi connectivity index (χ2v) is 8.31. The van der Waals surface area contributed by atoms with Gasteiger partial charge in [0.05, 0.1) is 6.10 Å². The molecule has 1 aliphatic carbocycles. The topological polar surface area (TPSA) is 211 Å². The number of aliphatic hydroxyl groups is 3. The number of esters is 3. The fourth-order valence-corrected chi connectivity index (χ4v) is 3.59. The molecule has 3 rings (SSSR count). The summed E-state index contributed by atoms with van der Waals surface area (Å²) in [5.41, 5.74) is -2.12. The van der Waals surface area contributed by atoms with Gasteiger partial charge in [0.2, 0.25) is 0 Å². The van der Waals surface area contributed by atoms with Gasteiger partial charge in [-0.3, -0.25) is 0 Å². The average Bonchev–Trinajstić information content (AvgIpc) is 2.84. The Morgan fingerprint density at radius 3 is 2.27 bits per heavy atom. The lowest BCUT2D eigenvalue weighted by atomic mass is 9.79. The summed E-state index contributed by atoms with van der Waals surface area (Å²) < 4.78 is 9.66. The summed E-state index contributed by atoms with van der Waals surface area (Å²) in [6.07, 6.45) is -2.41. The van der Waals surface area contributed by atoms with Crippen molar-refractivity contribution in [3.05, 3.63) is 59.7 Å². The van der Waals surface area contributed by atoms with E-state index in [1.807, 2.05) is 0 Å². The van der Waals surface area contributed by atoms with Gasteiger partial charge in [0.25, 0.3) is 0 Å². The molecule has 0 unspecified atom stereocenters. The Morgan fingerprint density at radius 1 is 0.865 bits per heavy atom. The first-order valence-electron chi connectivity index (χ1n) is 10.8. The molecular formula is C25H24O12. The Kier molecular flexibility index (Phi) is 8.17. The van der Waals surface area contributed by atoms with Gasteiger partial charge in [0, 0.05) is 30.6 Å². The van der Waals surface area contributed by atoms with Crippen molar-refractivity contribution in [2.45, 2.75) is 36.8 Å². The first-order valence-corrected chi connectivity index (χ1v) is 10.8. The molecule has 0 saturated heterocycles. The van der Waals surface area contributed by atoms with E-state index in [1.165, 1.54) is 36.4 Å².